The summed E-state index contributed by atoms with van der Waals surface area (Å²) in [5.74, 6) is -0.343. The van der Waals surface area contributed by atoms with Crippen LogP contribution in [0.2, 0.25) is 0 Å². The van der Waals surface area contributed by atoms with Crippen LogP contribution in [0.5, 0.6) is 5.88 Å². The van der Waals surface area contributed by atoms with Crippen molar-refractivity contribution in [1.82, 2.24) is 24.7 Å². The monoisotopic (exact) mass is 312 g/mol. The molecule has 0 spiro atoms. The molecule has 1 aromatic carbocycles. The summed E-state index contributed by atoms with van der Waals surface area (Å²) < 4.78 is 0.996. The van der Waals surface area contributed by atoms with Crippen molar-refractivity contribution >= 4 is 12.2 Å². The second kappa shape index (κ2) is 5.72. The summed E-state index contributed by atoms with van der Waals surface area (Å²) in [5.41, 5.74) is -0.327. The molecule has 9 heteroatoms. The zero-order valence-corrected chi connectivity index (χ0v) is 12.0. The lowest BCUT2D eigenvalue weighted by atomic mass is 10.2. The Kier molecular flexibility index (Phi) is 3.59. The van der Waals surface area contributed by atoms with Crippen molar-refractivity contribution in [3.63, 3.8) is 0 Å². The number of nitrogens with one attached hydrogen (secondary N) is 2. The molecule has 3 N–H and O–H groups in total. The van der Waals surface area contributed by atoms with E-state index in [1.165, 1.54) is 6.33 Å². The standard InChI is InChI=1S/C14H12N6O3/c1-8-3-2-4-9(5-8)20-12(22)10(11(21)18-14(20)23)6-15-13-16-7-17-19-13/h2-7,22H,1H3,(H,16,17,19)(H,18,21,23)/b15-6+. The quantitative estimate of drug-likeness (QED) is 0.603. The Hall–Kier alpha value is -3.49. The Balaban J connectivity index is 2.17. The van der Waals surface area contributed by atoms with Gasteiger partial charge in [0.05, 0.1) is 5.69 Å². The van der Waals surface area contributed by atoms with Gasteiger partial charge in [-0.3, -0.25) is 9.78 Å². The van der Waals surface area contributed by atoms with Crippen molar-refractivity contribution in [3.8, 4) is 11.6 Å². The second-order valence-electron chi connectivity index (χ2n) is 4.74. The summed E-state index contributed by atoms with van der Waals surface area (Å²) in [4.78, 5) is 33.8. The van der Waals surface area contributed by atoms with Gasteiger partial charge in [0.2, 0.25) is 11.8 Å². The van der Waals surface area contributed by atoms with Gasteiger partial charge in [0.15, 0.2) is 0 Å². The highest BCUT2D eigenvalue weighted by atomic mass is 16.3. The van der Waals surface area contributed by atoms with Gasteiger partial charge < -0.3 is 5.11 Å². The molecule has 2 aromatic heterocycles. The van der Waals surface area contributed by atoms with Crippen LogP contribution >= 0.6 is 0 Å². The third kappa shape index (κ3) is 2.79. The predicted octanol–water partition coefficient (Wildman–Crippen LogP) is 0.409. The number of aryl methyl sites for hydroxylation is 1. The van der Waals surface area contributed by atoms with E-state index in [0.29, 0.717) is 5.69 Å². The van der Waals surface area contributed by atoms with Gasteiger partial charge in [-0.2, -0.15) is 10.1 Å². The fraction of sp³-hybridized carbons (Fsp3) is 0.0714. The molecular weight excluding hydrogens is 300 g/mol. The molecule has 116 valence electrons. The molecule has 3 aromatic rings. The van der Waals surface area contributed by atoms with Crippen molar-refractivity contribution in [2.75, 3.05) is 0 Å². The molecule has 0 saturated heterocycles. The molecule has 2 heterocycles. The van der Waals surface area contributed by atoms with Gasteiger partial charge in [-0.05, 0) is 24.6 Å². The van der Waals surface area contributed by atoms with Crippen LogP contribution in [0.3, 0.4) is 0 Å². The number of rotatable bonds is 3. The fourth-order valence-electron chi connectivity index (χ4n) is 2.05. The number of nitrogens with zero attached hydrogens (tertiary/aromatic N) is 4. The summed E-state index contributed by atoms with van der Waals surface area (Å²) >= 11 is 0. The predicted molar refractivity (Wildman–Crippen MR) is 82.7 cm³/mol. The first-order chi connectivity index (χ1) is 11.1. The lowest BCUT2D eigenvalue weighted by Gasteiger charge is -2.09. The second-order valence-corrected chi connectivity index (χ2v) is 4.74. The smallest absolute Gasteiger partial charge is 0.335 e. The van der Waals surface area contributed by atoms with Gasteiger partial charge >= 0.3 is 5.69 Å². The lowest BCUT2D eigenvalue weighted by molar-refractivity contribution is 0.430. The lowest BCUT2D eigenvalue weighted by Crippen LogP contribution is -2.31. The zero-order valence-electron chi connectivity index (χ0n) is 12.0. The zero-order chi connectivity index (χ0) is 16.4. The van der Waals surface area contributed by atoms with Crippen molar-refractivity contribution in [1.29, 1.82) is 0 Å². The molecule has 0 radical (unpaired) electrons. The highest BCUT2D eigenvalue weighted by Crippen LogP contribution is 2.16. The van der Waals surface area contributed by atoms with Gasteiger partial charge in [-0.15, -0.1) is 0 Å². The molecule has 0 unspecified atom stereocenters. The molecule has 0 aliphatic rings. The summed E-state index contributed by atoms with van der Waals surface area (Å²) in [7, 11) is 0. The first kappa shape index (κ1) is 14.4. The van der Waals surface area contributed by atoms with E-state index in [9.17, 15) is 14.7 Å². The van der Waals surface area contributed by atoms with Crippen LogP contribution in [0, 0.1) is 6.92 Å². The number of aromatic amines is 2. The average Bonchev–Trinajstić information content (AvgIpc) is 3.00. The van der Waals surface area contributed by atoms with Gasteiger partial charge in [0, 0.05) is 6.21 Å². The van der Waals surface area contributed by atoms with Crippen LogP contribution in [-0.2, 0) is 0 Å². The van der Waals surface area contributed by atoms with E-state index >= 15 is 0 Å². The fourth-order valence-corrected chi connectivity index (χ4v) is 2.05. The van der Waals surface area contributed by atoms with E-state index in [-0.39, 0.29) is 11.5 Å². The number of aromatic hydroxyl groups is 1. The number of hydrogen-bond donors (Lipinski definition) is 3. The summed E-state index contributed by atoms with van der Waals surface area (Å²) in [6.45, 7) is 1.85. The third-order valence-electron chi connectivity index (χ3n) is 3.10. The summed E-state index contributed by atoms with van der Waals surface area (Å²) in [5, 5.41) is 16.4. The van der Waals surface area contributed by atoms with Crippen LogP contribution in [0.4, 0.5) is 5.95 Å². The van der Waals surface area contributed by atoms with Crippen molar-refractivity contribution in [2.24, 2.45) is 4.99 Å². The van der Waals surface area contributed by atoms with Gasteiger partial charge in [-0.25, -0.2) is 19.5 Å². The Morgan fingerprint density at radius 1 is 1.35 bits per heavy atom. The molecule has 9 nitrogen and oxygen atoms in total. The van der Waals surface area contributed by atoms with Crippen LogP contribution in [0.25, 0.3) is 5.69 Å². The molecular formula is C14H12N6O3. The normalized spacial score (nSPS) is 11.2. The Labute approximate surface area is 129 Å². The van der Waals surface area contributed by atoms with Gasteiger partial charge in [0.25, 0.3) is 5.56 Å². The first-order valence-corrected chi connectivity index (χ1v) is 6.61. The topological polar surface area (TPSA) is 129 Å². The number of benzene rings is 1. The minimum atomic E-state index is -0.750. The van der Waals surface area contributed by atoms with E-state index < -0.39 is 17.1 Å². The van der Waals surface area contributed by atoms with Gasteiger partial charge in [-0.1, -0.05) is 12.1 Å². The van der Waals surface area contributed by atoms with Crippen LogP contribution < -0.4 is 11.2 Å². The number of H-pyrrole nitrogens is 2. The number of aromatic nitrogens is 5. The average molecular weight is 312 g/mol. The van der Waals surface area contributed by atoms with Crippen molar-refractivity contribution in [2.45, 2.75) is 6.92 Å². The molecule has 0 amide bonds. The van der Waals surface area contributed by atoms with Crippen molar-refractivity contribution < 1.29 is 5.11 Å². The largest absolute Gasteiger partial charge is 0.493 e. The maximum Gasteiger partial charge on any atom is 0.335 e. The first-order valence-electron chi connectivity index (χ1n) is 6.61. The van der Waals surface area contributed by atoms with E-state index in [1.807, 2.05) is 13.0 Å². The third-order valence-corrected chi connectivity index (χ3v) is 3.10. The molecule has 0 fully saturated rings. The number of aliphatic imine (C=N–C) groups is 1. The molecule has 0 bridgehead atoms. The van der Waals surface area contributed by atoms with E-state index in [0.717, 1.165) is 16.3 Å². The molecule has 0 atom stereocenters. The van der Waals surface area contributed by atoms with Crippen LogP contribution in [-0.4, -0.2) is 36.1 Å². The Bertz CT molecular complexity index is 984. The molecule has 23 heavy (non-hydrogen) atoms. The summed E-state index contributed by atoms with van der Waals surface area (Å²) in [6.07, 6.45) is 2.37. The number of hydrogen-bond acceptors (Lipinski definition) is 6. The maximum absolute atomic E-state index is 12.0. The van der Waals surface area contributed by atoms with E-state index in [4.69, 9.17) is 0 Å². The SMILES string of the molecule is Cc1cccc(-n2c(O)c(/C=N/c3ncn[nH]3)c(=O)[nH]c2=O)c1. The molecule has 3 rings (SSSR count). The van der Waals surface area contributed by atoms with Gasteiger partial charge in [0.1, 0.15) is 11.9 Å². The minimum absolute atomic E-state index is 0.164. The van der Waals surface area contributed by atoms with E-state index in [2.05, 4.69) is 25.2 Å². The highest BCUT2D eigenvalue weighted by molar-refractivity contribution is 5.83. The van der Waals surface area contributed by atoms with Crippen LogP contribution in [0.1, 0.15) is 11.1 Å². The molecule has 0 saturated carbocycles. The molecule has 0 aliphatic carbocycles. The van der Waals surface area contributed by atoms with Crippen molar-refractivity contribution in [3.05, 3.63) is 62.6 Å². The van der Waals surface area contributed by atoms with Crippen LogP contribution in [0.15, 0.2) is 45.2 Å². The highest BCUT2D eigenvalue weighted by Gasteiger charge is 2.14. The van der Waals surface area contributed by atoms with E-state index in [1.54, 1.807) is 18.2 Å². The maximum atomic E-state index is 12.0. The summed E-state index contributed by atoms with van der Waals surface area (Å²) in [6, 6.07) is 6.94. The Morgan fingerprint density at radius 2 is 2.17 bits per heavy atom. The molecule has 0 aliphatic heterocycles. The minimum Gasteiger partial charge on any atom is -0.493 e. The Morgan fingerprint density at radius 3 is 2.87 bits per heavy atom.